The summed E-state index contributed by atoms with van der Waals surface area (Å²) >= 11 is 6.10. The standard InChI is InChI=1S/C9H19Cl/c1-6-8(10)7(2)9(3,4)5/h7-8H,6H2,1-5H3. The monoisotopic (exact) mass is 162 g/mol. The summed E-state index contributed by atoms with van der Waals surface area (Å²) in [4.78, 5) is 0. The van der Waals surface area contributed by atoms with Crippen LogP contribution in [0.4, 0.5) is 0 Å². The molecule has 0 spiro atoms. The maximum atomic E-state index is 6.10. The second kappa shape index (κ2) is 3.61. The molecule has 62 valence electrons. The Morgan fingerprint density at radius 1 is 1.30 bits per heavy atom. The largest absolute Gasteiger partial charge is 0.123 e. The van der Waals surface area contributed by atoms with Crippen LogP contribution in [0.25, 0.3) is 0 Å². The third-order valence-corrected chi connectivity index (χ3v) is 2.99. The van der Waals surface area contributed by atoms with Gasteiger partial charge in [-0.05, 0) is 17.8 Å². The quantitative estimate of drug-likeness (QED) is 0.544. The van der Waals surface area contributed by atoms with Crippen molar-refractivity contribution in [3.8, 4) is 0 Å². The second-order valence-electron chi connectivity index (χ2n) is 4.08. The zero-order valence-corrected chi connectivity index (χ0v) is 8.50. The highest BCUT2D eigenvalue weighted by molar-refractivity contribution is 6.20. The zero-order valence-electron chi connectivity index (χ0n) is 7.74. The lowest BCUT2D eigenvalue weighted by molar-refractivity contribution is 0.250. The average Bonchev–Trinajstić information content (AvgIpc) is 1.83. The van der Waals surface area contributed by atoms with Crippen LogP contribution in [0.5, 0.6) is 0 Å². The van der Waals surface area contributed by atoms with E-state index in [1.807, 2.05) is 0 Å². The van der Waals surface area contributed by atoms with E-state index >= 15 is 0 Å². The van der Waals surface area contributed by atoms with Gasteiger partial charge in [0.1, 0.15) is 0 Å². The molecule has 10 heavy (non-hydrogen) atoms. The van der Waals surface area contributed by atoms with Crippen molar-refractivity contribution in [3.05, 3.63) is 0 Å². The van der Waals surface area contributed by atoms with Crippen molar-refractivity contribution in [2.45, 2.75) is 46.4 Å². The van der Waals surface area contributed by atoms with Crippen molar-refractivity contribution in [2.24, 2.45) is 11.3 Å². The fourth-order valence-corrected chi connectivity index (χ4v) is 1.27. The summed E-state index contributed by atoms with van der Waals surface area (Å²) in [5.41, 5.74) is 0.350. The minimum atomic E-state index is 0.333. The molecular weight excluding hydrogens is 144 g/mol. The lowest BCUT2D eigenvalue weighted by Gasteiger charge is -2.30. The van der Waals surface area contributed by atoms with Gasteiger partial charge < -0.3 is 0 Å². The minimum absolute atomic E-state index is 0.333. The van der Waals surface area contributed by atoms with E-state index in [1.165, 1.54) is 0 Å². The fourth-order valence-electron chi connectivity index (χ4n) is 0.896. The third kappa shape index (κ3) is 2.92. The van der Waals surface area contributed by atoms with Crippen LogP contribution in [0.3, 0.4) is 0 Å². The van der Waals surface area contributed by atoms with Gasteiger partial charge in [-0.1, -0.05) is 34.6 Å². The summed E-state index contributed by atoms with van der Waals surface area (Å²) in [5, 5.41) is 0.333. The Kier molecular flexibility index (Phi) is 3.72. The summed E-state index contributed by atoms with van der Waals surface area (Å²) in [6.45, 7) is 11.1. The molecule has 0 saturated carbocycles. The molecule has 1 heteroatoms. The summed E-state index contributed by atoms with van der Waals surface area (Å²) in [5.74, 6) is 0.596. The Morgan fingerprint density at radius 3 is 1.80 bits per heavy atom. The molecule has 0 heterocycles. The van der Waals surface area contributed by atoms with Crippen LogP contribution >= 0.6 is 11.6 Å². The van der Waals surface area contributed by atoms with Crippen molar-refractivity contribution in [2.75, 3.05) is 0 Å². The first-order valence-electron chi connectivity index (χ1n) is 4.03. The molecule has 0 nitrogen and oxygen atoms in total. The van der Waals surface area contributed by atoms with Crippen LogP contribution in [-0.4, -0.2) is 5.38 Å². The Labute approximate surface area is 70.0 Å². The van der Waals surface area contributed by atoms with Crippen LogP contribution in [0, 0.1) is 11.3 Å². The Balaban J connectivity index is 3.94. The van der Waals surface area contributed by atoms with Crippen LogP contribution < -0.4 is 0 Å². The van der Waals surface area contributed by atoms with Crippen molar-refractivity contribution >= 4 is 11.6 Å². The maximum absolute atomic E-state index is 6.10. The van der Waals surface area contributed by atoms with Gasteiger partial charge in [-0.2, -0.15) is 0 Å². The Morgan fingerprint density at radius 2 is 1.70 bits per heavy atom. The van der Waals surface area contributed by atoms with Gasteiger partial charge >= 0.3 is 0 Å². The highest BCUT2D eigenvalue weighted by Gasteiger charge is 2.25. The van der Waals surface area contributed by atoms with Gasteiger partial charge in [-0.3, -0.25) is 0 Å². The molecule has 0 rings (SSSR count). The molecule has 0 aromatic heterocycles. The first-order valence-corrected chi connectivity index (χ1v) is 4.47. The molecule has 2 unspecified atom stereocenters. The van der Waals surface area contributed by atoms with E-state index in [0.717, 1.165) is 6.42 Å². The summed E-state index contributed by atoms with van der Waals surface area (Å²) < 4.78 is 0. The van der Waals surface area contributed by atoms with Crippen LogP contribution in [-0.2, 0) is 0 Å². The van der Waals surface area contributed by atoms with E-state index in [1.54, 1.807) is 0 Å². The predicted octanol–water partition coefficient (Wildman–Crippen LogP) is 3.69. The molecule has 0 aromatic rings. The van der Waals surface area contributed by atoms with Gasteiger partial charge in [0, 0.05) is 5.38 Å². The van der Waals surface area contributed by atoms with E-state index < -0.39 is 0 Å². The molecule has 0 fully saturated rings. The van der Waals surface area contributed by atoms with Crippen molar-refractivity contribution in [1.29, 1.82) is 0 Å². The second-order valence-corrected chi connectivity index (χ2v) is 4.64. The first kappa shape index (κ1) is 10.3. The zero-order chi connectivity index (χ0) is 8.36. The molecule has 0 aliphatic rings. The molecule has 0 aromatic carbocycles. The van der Waals surface area contributed by atoms with Gasteiger partial charge in [0.2, 0.25) is 0 Å². The number of hydrogen-bond acceptors (Lipinski definition) is 0. The van der Waals surface area contributed by atoms with Gasteiger partial charge in [0.15, 0.2) is 0 Å². The molecule has 2 atom stereocenters. The van der Waals surface area contributed by atoms with E-state index in [2.05, 4.69) is 34.6 Å². The van der Waals surface area contributed by atoms with Gasteiger partial charge in [0.25, 0.3) is 0 Å². The van der Waals surface area contributed by atoms with Gasteiger partial charge in [0.05, 0.1) is 0 Å². The smallest absolute Gasteiger partial charge is 0.0364 e. The SMILES string of the molecule is CCC(Cl)C(C)C(C)(C)C. The number of halogens is 1. The van der Waals surface area contributed by atoms with E-state index in [4.69, 9.17) is 11.6 Å². The molecule has 0 radical (unpaired) electrons. The van der Waals surface area contributed by atoms with Crippen LogP contribution in [0.2, 0.25) is 0 Å². The topological polar surface area (TPSA) is 0 Å². The van der Waals surface area contributed by atoms with Gasteiger partial charge in [-0.15, -0.1) is 11.6 Å². The maximum Gasteiger partial charge on any atom is 0.0364 e. The molecule has 0 N–H and O–H groups in total. The molecule has 0 bridgehead atoms. The highest BCUT2D eigenvalue weighted by atomic mass is 35.5. The summed E-state index contributed by atoms with van der Waals surface area (Å²) in [6.07, 6.45) is 1.07. The van der Waals surface area contributed by atoms with Crippen molar-refractivity contribution < 1.29 is 0 Å². The third-order valence-electron chi connectivity index (χ3n) is 2.30. The van der Waals surface area contributed by atoms with Crippen molar-refractivity contribution in [1.82, 2.24) is 0 Å². The highest BCUT2D eigenvalue weighted by Crippen LogP contribution is 2.31. The predicted molar refractivity (Wildman–Crippen MR) is 48.6 cm³/mol. The van der Waals surface area contributed by atoms with Crippen LogP contribution in [0.15, 0.2) is 0 Å². The number of rotatable bonds is 2. The summed E-state index contributed by atoms with van der Waals surface area (Å²) in [6, 6.07) is 0. The molecular formula is C9H19Cl. The minimum Gasteiger partial charge on any atom is -0.123 e. The van der Waals surface area contributed by atoms with E-state index in [-0.39, 0.29) is 0 Å². The Bertz CT molecular complexity index is 91.4. The van der Waals surface area contributed by atoms with Crippen LogP contribution in [0.1, 0.15) is 41.0 Å². The average molecular weight is 163 g/mol. The number of alkyl halides is 1. The van der Waals surface area contributed by atoms with E-state index in [0.29, 0.717) is 16.7 Å². The first-order chi connectivity index (χ1) is 4.39. The molecule has 0 aliphatic heterocycles. The fraction of sp³-hybridized carbons (Fsp3) is 1.00. The van der Waals surface area contributed by atoms with Gasteiger partial charge in [-0.25, -0.2) is 0 Å². The molecule has 0 aliphatic carbocycles. The molecule has 0 saturated heterocycles. The lowest BCUT2D eigenvalue weighted by Crippen LogP contribution is -2.25. The molecule has 0 amide bonds. The number of hydrogen-bond donors (Lipinski definition) is 0. The van der Waals surface area contributed by atoms with E-state index in [9.17, 15) is 0 Å². The normalized spacial score (nSPS) is 18.6. The van der Waals surface area contributed by atoms with Crippen molar-refractivity contribution in [3.63, 3.8) is 0 Å². The lowest BCUT2D eigenvalue weighted by atomic mass is 9.79. The Hall–Kier alpha value is 0.290. The summed E-state index contributed by atoms with van der Waals surface area (Å²) in [7, 11) is 0.